The molecule has 1 heterocycles. The average molecular weight is 314 g/mol. The first-order valence-corrected chi connectivity index (χ1v) is 8.66. The molecule has 0 spiro atoms. The smallest absolute Gasteiger partial charge is 0.317 e. The second-order valence-electron chi connectivity index (χ2n) is 6.96. The first-order chi connectivity index (χ1) is 9.74. The van der Waals surface area contributed by atoms with Crippen LogP contribution in [-0.2, 0) is 4.79 Å². The molecule has 2 fully saturated rings. The van der Waals surface area contributed by atoms with Crippen molar-refractivity contribution in [1.29, 1.82) is 0 Å². The molecule has 120 valence electrons. The normalized spacial score (nSPS) is 32.5. The molecule has 0 radical (unpaired) electrons. The van der Waals surface area contributed by atoms with Crippen molar-refractivity contribution in [1.82, 2.24) is 10.2 Å². The zero-order valence-electron chi connectivity index (χ0n) is 13.1. The summed E-state index contributed by atoms with van der Waals surface area (Å²) in [6.45, 7) is 7.63. The number of carbonyl (C=O) groups excluding carboxylic acids is 1. The predicted octanol–water partition coefficient (Wildman–Crippen LogP) is 2.56. The summed E-state index contributed by atoms with van der Waals surface area (Å²) in [5, 5.41) is 12.4. The number of amides is 2. The van der Waals surface area contributed by atoms with E-state index in [2.05, 4.69) is 19.2 Å². The monoisotopic (exact) mass is 314 g/mol. The van der Waals surface area contributed by atoms with Crippen molar-refractivity contribution in [3.8, 4) is 0 Å². The van der Waals surface area contributed by atoms with Crippen LogP contribution in [0, 0.1) is 5.41 Å². The Bertz CT molecular complexity index is 427. The van der Waals surface area contributed by atoms with E-state index in [-0.39, 0.29) is 16.8 Å². The molecule has 2 N–H and O–H groups in total. The lowest BCUT2D eigenvalue weighted by Crippen LogP contribution is -2.51. The van der Waals surface area contributed by atoms with Gasteiger partial charge in [-0.2, -0.15) is 11.8 Å². The fourth-order valence-corrected chi connectivity index (χ4v) is 4.22. The summed E-state index contributed by atoms with van der Waals surface area (Å²) >= 11 is 1.89. The Balaban J connectivity index is 1.96. The Labute approximate surface area is 130 Å². The summed E-state index contributed by atoms with van der Waals surface area (Å²) in [6.07, 6.45) is 3.21. The van der Waals surface area contributed by atoms with Crippen LogP contribution in [0.15, 0.2) is 0 Å². The number of carboxylic acids is 1. The minimum absolute atomic E-state index is 0.104. The van der Waals surface area contributed by atoms with Gasteiger partial charge in [-0.25, -0.2) is 4.79 Å². The molecule has 1 aliphatic heterocycles. The number of urea groups is 1. The lowest BCUT2D eigenvalue weighted by molar-refractivity contribution is -0.148. The van der Waals surface area contributed by atoms with E-state index in [4.69, 9.17) is 0 Å². The van der Waals surface area contributed by atoms with Gasteiger partial charge in [0, 0.05) is 29.6 Å². The van der Waals surface area contributed by atoms with Crippen LogP contribution in [0.25, 0.3) is 0 Å². The van der Waals surface area contributed by atoms with Crippen LogP contribution < -0.4 is 5.32 Å². The van der Waals surface area contributed by atoms with Gasteiger partial charge in [0.05, 0.1) is 5.41 Å². The number of rotatable bonds is 2. The van der Waals surface area contributed by atoms with Crippen LogP contribution in [0.5, 0.6) is 0 Å². The number of hydrogen-bond acceptors (Lipinski definition) is 3. The number of thioether (sulfide) groups is 1. The van der Waals surface area contributed by atoms with Gasteiger partial charge in [-0.15, -0.1) is 0 Å². The van der Waals surface area contributed by atoms with E-state index in [1.54, 1.807) is 6.92 Å². The number of carboxylic acid groups (broad SMARTS) is 1. The highest BCUT2D eigenvalue weighted by Crippen LogP contribution is 2.38. The highest BCUT2D eigenvalue weighted by Gasteiger charge is 2.46. The molecule has 1 saturated carbocycles. The molecule has 0 aromatic heterocycles. The van der Waals surface area contributed by atoms with Crippen molar-refractivity contribution in [2.45, 2.75) is 57.2 Å². The third-order valence-electron chi connectivity index (χ3n) is 4.87. The van der Waals surface area contributed by atoms with Gasteiger partial charge in [0.1, 0.15) is 0 Å². The van der Waals surface area contributed by atoms with E-state index in [1.165, 1.54) is 0 Å². The molecule has 2 unspecified atom stereocenters. The molecule has 2 amide bonds. The molecule has 0 bridgehead atoms. The van der Waals surface area contributed by atoms with Crippen LogP contribution in [-0.4, -0.2) is 51.6 Å². The molecule has 21 heavy (non-hydrogen) atoms. The van der Waals surface area contributed by atoms with E-state index >= 15 is 0 Å². The third-order valence-corrected chi connectivity index (χ3v) is 6.24. The number of aliphatic carboxylic acids is 1. The topological polar surface area (TPSA) is 69.6 Å². The van der Waals surface area contributed by atoms with E-state index < -0.39 is 11.4 Å². The van der Waals surface area contributed by atoms with E-state index in [0.717, 1.165) is 38.1 Å². The van der Waals surface area contributed by atoms with Gasteiger partial charge in [0.15, 0.2) is 0 Å². The van der Waals surface area contributed by atoms with Crippen molar-refractivity contribution < 1.29 is 14.7 Å². The van der Waals surface area contributed by atoms with Crippen molar-refractivity contribution in [2.24, 2.45) is 5.41 Å². The maximum atomic E-state index is 12.4. The number of nitrogens with zero attached hydrogens (tertiary/aromatic N) is 1. The molecular weight excluding hydrogens is 288 g/mol. The third kappa shape index (κ3) is 3.65. The van der Waals surface area contributed by atoms with E-state index in [0.29, 0.717) is 6.42 Å². The van der Waals surface area contributed by atoms with Crippen LogP contribution >= 0.6 is 11.8 Å². The Kier molecular flexibility index (Phi) is 4.76. The average Bonchev–Trinajstić information content (AvgIpc) is 2.66. The van der Waals surface area contributed by atoms with Gasteiger partial charge in [0.2, 0.25) is 0 Å². The second kappa shape index (κ2) is 6.07. The second-order valence-corrected chi connectivity index (χ2v) is 8.76. The lowest BCUT2D eigenvalue weighted by Gasteiger charge is -2.30. The number of hydrogen-bond donors (Lipinski definition) is 2. The van der Waals surface area contributed by atoms with E-state index in [9.17, 15) is 14.7 Å². The minimum atomic E-state index is -0.824. The Morgan fingerprint density at radius 3 is 2.62 bits per heavy atom. The summed E-state index contributed by atoms with van der Waals surface area (Å²) in [7, 11) is 0. The van der Waals surface area contributed by atoms with Crippen molar-refractivity contribution >= 4 is 23.8 Å². The van der Waals surface area contributed by atoms with Crippen molar-refractivity contribution in [2.75, 3.05) is 18.8 Å². The predicted molar refractivity (Wildman–Crippen MR) is 84.6 cm³/mol. The van der Waals surface area contributed by atoms with Gasteiger partial charge in [0.25, 0.3) is 0 Å². The summed E-state index contributed by atoms with van der Waals surface area (Å²) in [5.74, 6) is 0.124. The van der Waals surface area contributed by atoms with Gasteiger partial charge >= 0.3 is 12.0 Å². The zero-order valence-corrected chi connectivity index (χ0v) is 14.0. The van der Waals surface area contributed by atoms with Crippen molar-refractivity contribution in [3.63, 3.8) is 0 Å². The summed E-state index contributed by atoms with van der Waals surface area (Å²) in [4.78, 5) is 25.7. The summed E-state index contributed by atoms with van der Waals surface area (Å²) in [5.41, 5.74) is -0.824. The Morgan fingerprint density at radius 2 is 1.95 bits per heavy atom. The highest BCUT2D eigenvalue weighted by atomic mass is 32.2. The SMILES string of the molecule is CC1(C)CCN(C(=O)NC2CCCC2(C)C(=O)O)CCS1. The van der Waals surface area contributed by atoms with Crippen LogP contribution in [0.3, 0.4) is 0 Å². The van der Waals surface area contributed by atoms with E-state index in [1.807, 2.05) is 16.7 Å². The molecular formula is C15H26N2O3S. The Morgan fingerprint density at radius 1 is 1.24 bits per heavy atom. The van der Waals surface area contributed by atoms with Gasteiger partial charge in [-0.05, 0) is 26.2 Å². The summed E-state index contributed by atoms with van der Waals surface area (Å²) < 4.78 is 0.206. The molecule has 2 atom stereocenters. The molecule has 0 aromatic carbocycles. The number of nitrogens with one attached hydrogen (secondary N) is 1. The largest absolute Gasteiger partial charge is 0.481 e. The molecule has 1 aliphatic carbocycles. The van der Waals surface area contributed by atoms with Gasteiger partial charge in [-0.3, -0.25) is 4.79 Å². The van der Waals surface area contributed by atoms with Gasteiger partial charge in [-0.1, -0.05) is 20.3 Å². The minimum Gasteiger partial charge on any atom is -0.481 e. The lowest BCUT2D eigenvalue weighted by atomic mass is 9.85. The molecule has 6 heteroatoms. The van der Waals surface area contributed by atoms with Gasteiger partial charge < -0.3 is 15.3 Å². The molecule has 2 rings (SSSR count). The maximum absolute atomic E-state index is 12.4. The summed E-state index contributed by atoms with van der Waals surface area (Å²) in [6, 6.07) is -0.362. The fraction of sp³-hybridized carbons (Fsp3) is 0.867. The standard InChI is InChI=1S/C15H26N2O3S/c1-14(2)7-8-17(9-10-21-14)13(20)16-11-5-4-6-15(11,3)12(18)19/h11H,4-10H2,1-3H3,(H,16,20)(H,18,19). The fourth-order valence-electron chi connectivity index (χ4n) is 3.12. The first kappa shape index (κ1) is 16.5. The number of carbonyl (C=O) groups is 2. The molecule has 1 saturated heterocycles. The van der Waals surface area contributed by atoms with Crippen LogP contribution in [0.1, 0.15) is 46.5 Å². The molecule has 0 aromatic rings. The maximum Gasteiger partial charge on any atom is 0.317 e. The molecule has 2 aliphatic rings. The zero-order chi connectivity index (χ0) is 15.7. The van der Waals surface area contributed by atoms with Crippen LogP contribution in [0.4, 0.5) is 4.79 Å². The van der Waals surface area contributed by atoms with Crippen LogP contribution in [0.2, 0.25) is 0 Å². The Hall–Kier alpha value is -0.910. The first-order valence-electron chi connectivity index (χ1n) is 7.67. The highest BCUT2D eigenvalue weighted by molar-refractivity contribution is 8.00. The quantitative estimate of drug-likeness (QED) is 0.822. The van der Waals surface area contributed by atoms with Crippen molar-refractivity contribution in [3.05, 3.63) is 0 Å². The molecule has 5 nitrogen and oxygen atoms in total.